The summed E-state index contributed by atoms with van der Waals surface area (Å²) in [6, 6.07) is 14.7. The lowest BCUT2D eigenvalue weighted by molar-refractivity contribution is -0.121. The SMILES string of the molecule is COc1ccc(/C=N/NC(=O)Cn2ccc3ccccc32)cc1O. The van der Waals surface area contributed by atoms with Gasteiger partial charge in [-0.05, 0) is 41.3 Å². The highest BCUT2D eigenvalue weighted by Gasteiger charge is 2.05. The third-order valence-corrected chi connectivity index (χ3v) is 3.60. The van der Waals surface area contributed by atoms with Gasteiger partial charge in [-0.25, -0.2) is 5.43 Å². The number of benzene rings is 2. The first-order chi connectivity index (χ1) is 11.7. The fourth-order valence-electron chi connectivity index (χ4n) is 2.43. The largest absolute Gasteiger partial charge is 0.504 e. The summed E-state index contributed by atoms with van der Waals surface area (Å²) in [5, 5.41) is 14.7. The lowest BCUT2D eigenvalue weighted by atomic mass is 10.2. The number of hydrazone groups is 1. The summed E-state index contributed by atoms with van der Waals surface area (Å²) in [6.07, 6.45) is 3.33. The molecule has 0 radical (unpaired) electrons. The molecule has 6 nitrogen and oxygen atoms in total. The Kier molecular flexibility index (Phi) is 4.47. The van der Waals surface area contributed by atoms with Crippen molar-refractivity contribution in [2.75, 3.05) is 7.11 Å². The number of fused-ring (bicyclic) bond motifs is 1. The number of hydrogen-bond acceptors (Lipinski definition) is 4. The molecule has 1 heterocycles. The number of carbonyl (C=O) groups excluding carboxylic acids is 1. The first-order valence-corrected chi connectivity index (χ1v) is 7.40. The van der Waals surface area contributed by atoms with Crippen LogP contribution in [0.4, 0.5) is 0 Å². The van der Waals surface area contributed by atoms with Gasteiger partial charge in [-0.3, -0.25) is 4.79 Å². The number of ether oxygens (including phenoxy) is 1. The fraction of sp³-hybridized carbons (Fsp3) is 0.111. The predicted octanol–water partition coefficient (Wildman–Crippen LogP) is 2.51. The minimum Gasteiger partial charge on any atom is -0.504 e. The summed E-state index contributed by atoms with van der Waals surface area (Å²) in [6.45, 7) is 0.179. The van der Waals surface area contributed by atoms with Gasteiger partial charge in [0.05, 0.1) is 13.3 Å². The average Bonchev–Trinajstić information content (AvgIpc) is 2.98. The van der Waals surface area contributed by atoms with Crippen molar-refractivity contribution in [3.8, 4) is 11.5 Å². The molecule has 6 heteroatoms. The van der Waals surface area contributed by atoms with Gasteiger partial charge >= 0.3 is 0 Å². The number of phenolic OH excluding ortho intramolecular Hbond substituents is 1. The Morgan fingerprint density at radius 3 is 2.92 bits per heavy atom. The predicted molar refractivity (Wildman–Crippen MR) is 92.3 cm³/mol. The second kappa shape index (κ2) is 6.87. The molecule has 122 valence electrons. The Morgan fingerprint density at radius 2 is 2.12 bits per heavy atom. The van der Waals surface area contributed by atoms with E-state index in [1.165, 1.54) is 19.4 Å². The number of amides is 1. The van der Waals surface area contributed by atoms with Crippen LogP contribution in [0.2, 0.25) is 0 Å². The molecule has 0 spiro atoms. The van der Waals surface area contributed by atoms with E-state index in [4.69, 9.17) is 4.74 Å². The molecule has 3 rings (SSSR count). The maximum absolute atomic E-state index is 12.0. The van der Waals surface area contributed by atoms with Crippen LogP contribution in [0.15, 0.2) is 59.8 Å². The van der Waals surface area contributed by atoms with E-state index < -0.39 is 0 Å². The summed E-state index contributed by atoms with van der Waals surface area (Å²) >= 11 is 0. The first kappa shape index (κ1) is 15.6. The number of rotatable bonds is 5. The summed E-state index contributed by atoms with van der Waals surface area (Å²) in [5.41, 5.74) is 4.13. The van der Waals surface area contributed by atoms with Crippen LogP contribution >= 0.6 is 0 Å². The Bertz CT molecular complexity index is 899. The van der Waals surface area contributed by atoms with Gasteiger partial charge in [-0.15, -0.1) is 0 Å². The molecular formula is C18H17N3O3. The van der Waals surface area contributed by atoms with Crippen LogP contribution in [0.3, 0.4) is 0 Å². The van der Waals surface area contributed by atoms with Crippen molar-refractivity contribution >= 4 is 23.0 Å². The van der Waals surface area contributed by atoms with Crippen LogP contribution in [-0.4, -0.2) is 28.9 Å². The summed E-state index contributed by atoms with van der Waals surface area (Å²) in [5.74, 6) is 0.174. The minimum atomic E-state index is -0.231. The number of aromatic hydroxyl groups is 1. The lowest BCUT2D eigenvalue weighted by Crippen LogP contribution is -2.22. The number of aromatic nitrogens is 1. The zero-order valence-electron chi connectivity index (χ0n) is 13.1. The van der Waals surface area contributed by atoms with Gasteiger partial charge in [0.25, 0.3) is 5.91 Å². The van der Waals surface area contributed by atoms with Gasteiger partial charge in [0.1, 0.15) is 6.54 Å². The zero-order valence-corrected chi connectivity index (χ0v) is 13.1. The molecule has 0 fully saturated rings. The van der Waals surface area contributed by atoms with E-state index in [0.717, 1.165) is 10.9 Å². The zero-order chi connectivity index (χ0) is 16.9. The number of nitrogens with one attached hydrogen (secondary N) is 1. The Morgan fingerprint density at radius 1 is 1.29 bits per heavy atom. The van der Waals surface area contributed by atoms with Crippen molar-refractivity contribution in [3.63, 3.8) is 0 Å². The fourth-order valence-corrected chi connectivity index (χ4v) is 2.43. The monoisotopic (exact) mass is 323 g/mol. The van der Waals surface area contributed by atoms with Crippen LogP contribution in [0, 0.1) is 0 Å². The van der Waals surface area contributed by atoms with E-state index in [1.807, 2.05) is 41.1 Å². The van der Waals surface area contributed by atoms with E-state index in [-0.39, 0.29) is 18.2 Å². The summed E-state index contributed by atoms with van der Waals surface area (Å²) in [7, 11) is 1.48. The van der Waals surface area contributed by atoms with Crippen molar-refractivity contribution in [3.05, 3.63) is 60.3 Å². The van der Waals surface area contributed by atoms with Crippen molar-refractivity contribution in [2.45, 2.75) is 6.54 Å². The molecule has 0 unspecified atom stereocenters. The third-order valence-electron chi connectivity index (χ3n) is 3.60. The number of para-hydroxylation sites is 1. The molecule has 0 bridgehead atoms. The molecule has 24 heavy (non-hydrogen) atoms. The molecule has 1 aromatic heterocycles. The van der Waals surface area contributed by atoms with Crippen molar-refractivity contribution < 1.29 is 14.6 Å². The number of methoxy groups -OCH3 is 1. The highest BCUT2D eigenvalue weighted by molar-refractivity contribution is 5.85. The van der Waals surface area contributed by atoms with Crippen LogP contribution in [0.25, 0.3) is 10.9 Å². The number of carbonyl (C=O) groups is 1. The quantitative estimate of drug-likeness (QED) is 0.559. The molecule has 1 amide bonds. The topological polar surface area (TPSA) is 75.8 Å². The van der Waals surface area contributed by atoms with Crippen LogP contribution < -0.4 is 10.2 Å². The number of nitrogens with zero attached hydrogens (tertiary/aromatic N) is 2. The van der Waals surface area contributed by atoms with Crippen LogP contribution in [-0.2, 0) is 11.3 Å². The molecule has 3 aromatic rings. The van der Waals surface area contributed by atoms with Gasteiger partial charge in [0, 0.05) is 11.7 Å². The molecule has 0 aliphatic heterocycles. The standard InChI is InChI=1S/C18H17N3O3/c1-24-17-7-6-13(10-16(17)22)11-19-20-18(23)12-21-9-8-14-4-2-3-5-15(14)21/h2-11,22H,12H2,1H3,(H,20,23)/b19-11+. The average molecular weight is 323 g/mol. The van der Waals surface area contributed by atoms with E-state index >= 15 is 0 Å². The Labute approximate surface area is 139 Å². The molecule has 0 aliphatic rings. The molecule has 2 aromatic carbocycles. The van der Waals surface area contributed by atoms with Crippen LogP contribution in [0.1, 0.15) is 5.56 Å². The van der Waals surface area contributed by atoms with Crippen molar-refractivity contribution in [1.82, 2.24) is 9.99 Å². The minimum absolute atomic E-state index is 0.0200. The van der Waals surface area contributed by atoms with Gasteiger partial charge in [0.2, 0.25) is 0 Å². The third kappa shape index (κ3) is 3.38. The highest BCUT2D eigenvalue weighted by Crippen LogP contribution is 2.25. The second-order valence-electron chi connectivity index (χ2n) is 5.23. The lowest BCUT2D eigenvalue weighted by Gasteiger charge is -2.04. The molecule has 0 saturated carbocycles. The molecular weight excluding hydrogens is 306 g/mol. The Hall–Kier alpha value is -3.28. The Balaban J connectivity index is 1.62. The van der Waals surface area contributed by atoms with Gasteiger partial charge in [0.15, 0.2) is 11.5 Å². The van der Waals surface area contributed by atoms with E-state index in [2.05, 4.69) is 10.5 Å². The van der Waals surface area contributed by atoms with Crippen molar-refractivity contribution in [1.29, 1.82) is 0 Å². The maximum atomic E-state index is 12.0. The van der Waals surface area contributed by atoms with Gasteiger partial charge in [-0.2, -0.15) is 5.10 Å². The van der Waals surface area contributed by atoms with Gasteiger partial charge < -0.3 is 14.4 Å². The van der Waals surface area contributed by atoms with Crippen LogP contribution in [0.5, 0.6) is 11.5 Å². The smallest absolute Gasteiger partial charge is 0.259 e. The van der Waals surface area contributed by atoms with Gasteiger partial charge in [-0.1, -0.05) is 18.2 Å². The van der Waals surface area contributed by atoms with E-state index in [9.17, 15) is 9.90 Å². The highest BCUT2D eigenvalue weighted by atomic mass is 16.5. The first-order valence-electron chi connectivity index (χ1n) is 7.40. The van der Waals surface area contributed by atoms with E-state index in [0.29, 0.717) is 11.3 Å². The summed E-state index contributed by atoms with van der Waals surface area (Å²) in [4.78, 5) is 12.0. The number of hydrogen-bond donors (Lipinski definition) is 2. The second-order valence-corrected chi connectivity index (χ2v) is 5.23. The maximum Gasteiger partial charge on any atom is 0.259 e. The molecule has 0 aliphatic carbocycles. The summed E-state index contributed by atoms with van der Waals surface area (Å²) < 4.78 is 6.83. The molecule has 0 saturated heterocycles. The molecule has 2 N–H and O–H groups in total. The molecule has 0 atom stereocenters. The number of phenols is 1. The normalized spacial score (nSPS) is 11.0. The van der Waals surface area contributed by atoms with Crippen molar-refractivity contribution in [2.24, 2.45) is 5.10 Å². The van der Waals surface area contributed by atoms with E-state index in [1.54, 1.807) is 12.1 Å².